The van der Waals surface area contributed by atoms with E-state index >= 15 is 0 Å². The van der Waals surface area contributed by atoms with Crippen molar-refractivity contribution in [3.05, 3.63) is 0 Å². The van der Waals surface area contributed by atoms with Crippen molar-refractivity contribution in [2.24, 2.45) is 5.92 Å². The van der Waals surface area contributed by atoms with Crippen molar-refractivity contribution in [1.82, 2.24) is 0 Å². The lowest BCUT2D eigenvalue weighted by molar-refractivity contribution is -0.137. The van der Waals surface area contributed by atoms with Crippen LogP contribution in [0.3, 0.4) is 0 Å². The van der Waals surface area contributed by atoms with E-state index < -0.39 is 5.97 Å². The molecule has 3 heteroatoms. The van der Waals surface area contributed by atoms with Gasteiger partial charge in [-0.1, -0.05) is 6.92 Å². The molecule has 0 amide bonds. The smallest absolute Gasteiger partial charge is 0.303 e. The second-order valence-electron chi connectivity index (χ2n) is 3.72. The molecule has 1 fully saturated rings. The van der Waals surface area contributed by atoms with Gasteiger partial charge in [-0.05, 0) is 31.6 Å². The minimum atomic E-state index is -0.681. The van der Waals surface area contributed by atoms with Gasteiger partial charge < -0.3 is 9.84 Å². The van der Waals surface area contributed by atoms with Crippen LogP contribution in [-0.4, -0.2) is 23.8 Å². The van der Waals surface area contributed by atoms with Gasteiger partial charge in [0.1, 0.15) is 0 Å². The summed E-state index contributed by atoms with van der Waals surface area (Å²) >= 11 is 0. The molecule has 2 atom stereocenters. The van der Waals surface area contributed by atoms with Gasteiger partial charge in [-0.15, -0.1) is 0 Å². The summed E-state index contributed by atoms with van der Waals surface area (Å²) in [6.07, 6.45) is 4.61. The van der Waals surface area contributed by atoms with Crippen molar-refractivity contribution in [2.75, 3.05) is 6.61 Å². The van der Waals surface area contributed by atoms with E-state index in [1.165, 1.54) is 0 Å². The van der Waals surface area contributed by atoms with Gasteiger partial charge in [-0.2, -0.15) is 0 Å². The molecule has 3 nitrogen and oxygen atoms in total. The van der Waals surface area contributed by atoms with Crippen molar-refractivity contribution in [1.29, 1.82) is 0 Å². The molecule has 1 heterocycles. The first-order chi connectivity index (χ1) is 6.22. The summed E-state index contributed by atoms with van der Waals surface area (Å²) in [5.41, 5.74) is 0. The van der Waals surface area contributed by atoms with E-state index in [0.717, 1.165) is 32.3 Å². The highest BCUT2D eigenvalue weighted by Gasteiger charge is 2.21. The van der Waals surface area contributed by atoms with E-state index in [1.807, 2.05) is 0 Å². The van der Waals surface area contributed by atoms with Gasteiger partial charge in [0, 0.05) is 13.0 Å². The molecule has 1 aliphatic rings. The van der Waals surface area contributed by atoms with E-state index in [9.17, 15) is 4.79 Å². The van der Waals surface area contributed by atoms with Gasteiger partial charge in [0.25, 0.3) is 0 Å². The Morgan fingerprint density at radius 2 is 2.38 bits per heavy atom. The minimum Gasteiger partial charge on any atom is -0.481 e. The van der Waals surface area contributed by atoms with Gasteiger partial charge in [-0.3, -0.25) is 4.79 Å². The molecule has 2 unspecified atom stereocenters. The van der Waals surface area contributed by atoms with Gasteiger partial charge >= 0.3 is 5.97 Å². The van der Waals surface area contributed by atoms with E-state index in [4.69, 9.17) is 9.84 Å². The fourth-order valence-corrected chi connectivity index (χ4v) is 1.83. The Labute approximate surface area is 79.1 Å². The number of carboxylic acids is 1. The highest BCUT2D eigenvalue weighted by molar-refractivity contribution is 5.66. The van der Waals surface area contributed by atoms with Crippen LogP contribution in [0.4, 0.5) is 0 Å². The predicted octanol–water partition coefficient (Wildman–Crippen LogP) is 2.06. The van der Waals surface area contributed by atoms with Crippen molar-refractivity contribution in [2.45, 2.75) is 45.1 Å². The Bertz CT molecular complexity index is 168. The van der Waals surface area contributed by atoms with Crippen LogP contribution < -0.4 is 0 Å². The maximum atomic E-state index is 10.4. The fourth-order valence-electron chi connectivity index (χ4n) is 1.83. The van der Waals surface area contributed by atoms with Crippen LogP contribution in [0.1, 0.15) is 39.0 Å². The fraction of sp³-hybridized carbons (Fsp3) is 0.900. The molecule has 0 aromatic rings. The Kier molecular flexibility index (Phi) is 4.22. The first-order valence-electron chi connectivity index (χ1n) is 5.05. The van der Waals surface area contributed by atoms with Gasteiger partial charge in [0.05, 0.1) is 6.10 Å². The topological polar surface area (TPSA) is 46.5 Å². The summed E-state index contributed by atoms with van der Waals surface area (Å²) in [4.78, 5) is 10.4. The van der Waals surface area contributed by atoms with Crippen LogP contribution in [0.25, 0.3) is 0 Å². The first kappa shape index (κ1) is 10.5. The average Bonchev–Trinajstić information content (AvgIpc) is 2.15. The standard InChI is InChI=1S/C10H18O3/c1-2-9-7-8(5-6-13-9)3-4-10(11)12/h8-9H,2-7H2,1H3,(H,11,12). The Morgan fingerprint density at radius 3 is 3.00 bits per heavy atom. The highest BCUT2D eigenvalue weighted by Crippen LogP contribution is 2.25. The monoisotopic (exact) mass is 186 g/mol. The highest BCUT2D eigenvalue weighted by atomic mass is 16.5. The van der Waals surface area contributed by atoms with Crippen molar-refractivity contribution < 1.29 is 14.6 Å². The summed E-state index contributed by atoms with van der Waals surface area (Å²) in [5, 5.41) is 8.54. The molecule has 0 radical (unpaired) electrons. The normalized spacial score (nSPS) is 28.7. The molecule has 13 heavy (non-hydrogen) atoms. The molecule has 1 rings (SSSR count). The number of carboxylic acid groups (broad SMARTS) is 1. The third kappa shape index (κ3) is 3.77. The third-order valence-corrected chi connectivity index (χ3v) is 2.70. The molecule has 0 spiro atoms. The Hall–Kier alpha value is -0.570. The summed E-state index contributed by atoms with van der Waals surface area (Å²) in [5.74, 6) is -0.116. The number of rotatable bonds is 4. The number of hydrogen-bond acceptors (Lipinski definition) is 2. The molecule has 0 bridgehead atoms. The number of aliphatic carboxylic acids is 1. The molecule has 0 saturated carbocycles. The van der Waals surface area contributed by atoms with Crippen LogP contribution in [0, 0.1) is 5.92 Å². The zero-order valence-electron chi connectivity index (χ0n) is 8.16. The summed E-state index contributed by atoms with van der Waals surface area (Å²) in [6.45, 7) is 2.92. The second-order valence-corrected chi connectivity index (χ2v) is 3.72. The van der Waals surface area contributed by atoms with Crippen LogP contribution in [0.2, 0.25) is 0 Å². The summed E-state index contributed by atoms with van der Waals surface area (Å²) < 4.78 is 5.52. The quantitative estimate of drug-likeness (QED) is 0.731. The molecule has 1 N–H and O–H groups in total. The van der Waals surface area contributed by atoms with Crippen molar-refractivity contribution >= 4 is 5.97 Å². The maximum Gasteiger partial charge on any atom is 0.303 e. The zero-order valence-corrected chi connectivity index (χ0v) is 8.16. The number of hydrogen-bond donors (Lipinski definition) is 1. The largest absolute Gasteiger partial charge is 0.481 e. The van der Waals surface area contributed by atoms with E-state index in [0.29, 0.717) is 18.4 Å². The summed E-state index contributed by atoms with van der Waals surface area (Å²) in [7, 11) is 0. The van der Waals surface area contributed by atoms with Crippen LogP contribution in [-0.2, 0) is 9.53 Å². The SMILES string of the molecule is CCC1CC(CCC(=O)O)CCO1. The van der Waals surface area contributed by atoms with E-state index in [2.05, 4.69) is 6.92 Å². The second kappa shape index (κ2) is 5.22. The van der Waals surface area contributed by atoms with Crippen LogP contribution in [0.5, 0.6) is 0 Å². The van der Waals surface area contributed by atoms with Gasteiger partial charge in [0.15, 0.2) is 0 Å². The summed E-state index contributed by atoms with van der Waals surface area (Å²) in [6, 6.07) is 0. The lowest BCUT2D eigenvalue weighted by atomic mass is 9.90. The van der Waals surface area contributed by atoms with Crippen molar-refractivity contribution in [3.63, 3.8) is 0 Å². The van der Waals surface area contributed by atoms with E-state index in [1.54, 1.807) is 0 Å². The van der Waals surface area contributed by atoms with Crippen molar-refractivity contribution in [3.8, 4) is 0 Å². The van der Waals surface area contributed by atoms with Gasteiger partial charge in [-0.25, -0.2) is 0 Å². The molecular formula is C10H18O3. The van der Waals surface area contributed by atoms with Crippen LogP contribution >= 0.6 is 0 Å². The van der Waals surface area contributed by atoms with Crippen LogP contribution in [0.15, 0.2) is 0 Å². The predicted molar refractivity (Wildman–Crippen MR) is 49.6 cm³/mol. The molecule has 0 aliphatic carbocycles. The Morgan fingerprint density at radius 1 is 1.62 bits per heavy atom. The lowest BCUT2D eigenvalue weighted by Crippen LogP contribution is -2.25. The first-order valence-corrected chi connectivity index (χ1v) is 5.05. The average molecular weight is 186 g/mol. The molecule has 76 valence electrons. The maximum absolute atomic E-state index is 10.4. The number of carbonyl (C=O) groups is 1. The molecule has 1 aliphatic heterocycles. The molecule has 1 saturated heterocycles. The number of ether oxygens (including phenoxy) is 1. The van der Waals surface area contributed by atoms with E-state index in [-0.39, 0.29) is 0 Å². The minimum absolute atomic E-state index is 0.307. The zero-order chi connectivity index (χ0) is 9.68. The lowest BCUT2D eigenvalue weighted by Gasteiger charge is -2.28. The van der Waals surface area contributed by atoms with Gasteiger partial charge in [0.2, 0.25) is 0 Å². The third-order valence-electron chi connectivity index (χ3n) is 2.70. The molecular weight excluding hydrogens is 168 g/mol. The Balaban J connectivity index is 2.21. The molecule has 0 aromatic heterocycles. The molecule has 0 aromatic carbocycles.